The lowest BCUT2D eigenvalue weighted by molar-refractivity contribution is -0.142. The lowest BCUT2D eigenvalue weighted by atomic mass is 9.99. The molecule has 2 rings (SSSR count). The van der Waals surface area contributed by atoms with Gasteiger partial charge < -0.3 is 18.8 Å². The second kappa shape index (κ2) is 11.4. The Morgan fingerprint density at radius 1 is 1.00 bits per heavy atom. The third kappa shape index (κ3) is 7.09. The molecule has 0 N–H and O–H groups in total. The summed E-state index contributed by atoms with van der Waals surface area (Å²) >= 11 is 6.12. The first-order valence-corrected chi connectivity index (χ1v) is 11.4. The van der Waals surface area contributed by atoms with Gasteiger partial charge in [-0.25, -0.2) is 9.59 Å². The van der Waals surface area contributed by atoms with Crippen molar-refractivity contribution in [1.29, 1.82) is 0 Å². The standard InChI is InChI=1S/C25H32ClNO6/c1-7-31-20(28)15-19-21(23(29)32-8-2)18(13-12-16-10-9-11-17(26)14-16)22(27(19)6)24(30)33-25(3,4)5/h9-11,14H,7-8,12-13,15H2,1-6H3. The van der Waals surface area contributed by atoms with Crippen LogP contribution in [-0.4, -0.2) is 41.3 Å². The minimum atomic E-state index is -0.739. The number of hydrogen-bond donors (Lipinski definition) is 0. The number of hydrogen-bond acceptors (Lipinski definition) is 6. The highest BCUT2D eigenvalue weighted by molar-refractivity contribution is 6.30. The topological polar surface area (TPSA) is 83.8 Å². The minimum Gasteiger partial charge on any atom is -0.466 e. The lowest BCUT2D eigenvalue weighted by Gasteiger charge is -2.20. The number of aryl methyl sites for hydroxylation is 1. The molecule has 0 radical (unpaired) electrons. The number of nitrogens with zero attached hydrogens (tertiary/aromatic N) is 1. The summed E-state index contributed by atoms with van der Waals surface area (Å²) < 4.78 is 17.6. The van der Waals surface area contributed by atoms with Gasteiger partial charge in [0.1, 0.15) is 11.3 Å². The molecule has 0 fully saturated rings. The predicted octanol–water partition coefficient (Wildman–Crippen LogP) is 4.70. The molecule has 0 amide bonds. The van der Waals surface area contributed by atoms with Gasteiger partial charge in [-0.1, -0.05) is 23.7 Å². The Bertz CT molecular complexity index is 1020. The molecule has 180 valence electrons. The highest BCUT2D eigenvalue weighted by Gasteiger charge is 2.33. The number of ether oxygens (including phenoxy) is 3. The smallest absolute Gasteiger partial charge is 0.355 e. The van der Waals surface area contributed by atoms with Crippen LogP contribution in [0.3, 0.4) is 0 Å². The van der Waals surface area contributed by atoms with Crippen LogP contribution in [0.2, 0.25) is 5.02 Å². The van der Waals surface area contributed by atoms with E-state index in [1.54, 1.807) is 52.3 Å². The third-order valence-corrected chi connectivity index (χ3v) is 5.09. The summed E-state index contributed by atoms with van der Waals surface area (Å²) in [5, 5.41) is 0.599. The number of aromatic nitrogens is 1. The average molecular weight is 478 g/mol. The fourth-order valence-electron chi connectivity index (χ4n) is 3.59. The molecule has 0 aliphatic heterocycles. The fourth-order valence-corrected chi connectivity index (χ4v) is 3.80. The molecule has 1 aromatic carbocycles. The first kappa shape index (κ1) is 26.5. The Morgan fingerprint density at radius 3 is 2.24 bits per heavy atom. The number of carbonyl (C=O) groups excluding carboxylic acids is 3. The Morgan fingerprint density at radius 2 is 1.67 bits per heavy atom. The second-order valence-corrected chi connectivity index (χ2v) is 8.98. The third-order valence-electron chi connectivity index (χ3n) is 4.86. The largest absolute Gasteiger partial charge is 0.466 e. The van der Waals surface area contributed by atoms with Crippen molar-refractivity contribution in [2.75, 3.05) is 13.2 Å². The normalized spacial score (nSPS) is 11.2. The van der Waals surface area contributed by atoms with E-state index in [1.807, 2.05) is 18.2 Å². The van der Waals surface area contributed by atoms with Gasteiger partial charge in [0, 0.05) is 17.8 Å². The van der Waals surface area contributed by atoms with E-state index < -0.39 is 23.5 Å². The quantitative estimate of drug-likeness (QED) is 0.384. The SMILES string of the molecule is CCOC(=O)Cc1c(C(=O)OCC)c(CCc2cccc(Cl)c2)c(C(=O)OC(C)(C)C)n1C. The van der Waals surface area contributed by atoms with Crippen molar-refractivity contribution >= 4 is 29.5 Å². The van der Waals surface area contributed by atoms with Crippen molar-refractivity contribution in [1.82, 2.24) is 4.57 Å². The van der Waals surface area contributed by atoms with Gasteiger partial charge in [-0.3, -0.25) is 4.79 Å². The van der Waals surface area contributed by atoms with E-state index in [2.05, 4.69) is 0 Å². The van der Waals surface area contributed by atoms with Crippen LogP contribution in [0, 0.1) is 0 Å². The number of carbonyl (C=O) groups is 3. The van der Waals surface area contributed by atoms with Crippen molar-refractivity contribution in [3.05, 3.63) is 57.4 Å². The van der Waals surface area contributed by atoms with E-state index in [1.165, 1.54) is 0 Å². The minimum absolute atomic E-state index is 0.155. The molecule has 0 aliphatic rings. The van der Waals surface area contributed by atoms with Gasteiger partial charge in [-0.2, -0.15) is 0 Å². The van der Waals surface area contributed by atoms with Crippen LogP contribution in [-0.2, 0) is 45.3 Å². The highest BCUT2D eigenvalue weighted by Crippen LogP contribution is 2.28. The summed E-state index contributed by atoms with van der Waals surface area (Å²) in [4.78, 5) is 38.5. The Labute approximate surface area is 200 Å². The second-order valence-electron chi connectivity index (χ2n) is 8.54. The van der Waals surface area contributed by atoms with E-state index in [0.717, 1.165) is 5.56 Å². The van der Waals surface area contributed by atoms with Crippen LogP contribution < -0.4 is 0 Å². The van der Waals surface area contributed by atoms with Gasteiger partial charge in [-0.05, 0) is 70.7 Å². The summed E-state index contributed by atoms with van der Waals surface area (Å²) in [6.07, 6.45) is 0.691. The van der Waals surface area contributed by atoms with E-state index in [-0.39, 0.29) is 30.9 Å². The molecule has 33 heavy (non-hydrogen) atoms. The predicted molar refractivity (Wildman–Crippen MR) is 126 cm³/mol. The Balaban J connectivity index is 2.63. The fraction of sp³-hybridized carbons (Fsp3) is 0.480. The number of esters is 3. The van der Waals surface area contributed by atoms with E-state index in [9.17, 15) is 14.4 Å². The highest BCUT2D eigenvalue weighted by atomic mass is 35.5. The molecule has 1 aromatic heterocycles. The van der Waals surface area contributed by atoms with Crippen molar-refractivity contribution in [2.45, 2.75) is 59.5 Å². The van der Waals surface area contributed by atoms with Gasteiger partial charge in [0.2, 0.25) is 0 Å². The Kier molecular flexibility index (Phi) is 9.11. The molecular weight excluding hydrogens is 446 g/mol. The summed E-state index contributed by atoms with van der Waals surface area (Å²) in [6, 6.07) is 7.38. The number of halogens is 1. The molecule has 8 heteroatoms. The van der Waals surface area contributed by atoms with E-state index in [4.69, 9.17) is 25.8 Å². The monoisotopic (exact) mass is 477 g/mol. The summed E-state index contributed by atoms with van der Waals surface area (Å²) in [5.74, 6) is -1.67. The summed E-state index contributed by atoms with van der Waals surface area (Å²) in [7, 11) is 1.64. The maximum atomic E-state index is 13.2. The molecule has 0 saturated heterocycles. The molecule has 0 bridgehead atoms. The zero-order valence-corrected chi connectivity index (χ0v) is 20.9. The maximum Gasteiger partial charge on any atom is 0.355 e. The van der Waals surface area contributed by atoms with Crippen LogP contribution in [0.1, 0.15) is 72.3 Å². The molecule has 1 heterocycles. The average Bonchev–Trinajstić information content (AvgIpc) is 2.97. The zero-order chi connectivity index (χ0) is 24.8. The van der Waals surface area contributed by atoms with Gasteiger partial charge in [0.25, 0.3) is 0 Å². The molecule has 2 aromatic rings. The van der Waals surface area contributed by atoms with Gasteiger partial charge >= 0.3 is 17.9 Å². The van der Waals surface area contributed by atoms with Gasteiger partial charge in [-0.15, -0.1) is 0 Å². The Hall–Kier alpha value is -2.80. The molecular formula is C25H32ClNO6. The van der Waals surface area contributed by atoms with Crippen LogP contribution in [0.15, 0.2) is 24.3 Å². The lowest BCUT2D eigenvalue weighted by Crippen LogP contribution is -2.26. The molecule has 0 unspecified atom stereocenters. The first-order valence-electron chi connectivity index (χ1n) is 11.0. The maximum absolute atomic E-state index is 13.2. The molecule has 0 saturated carbocycles. The summed E-state index contributed by atoms with van der Waals surface area (Å²) in [6.45, 7) is 9.08. The van der Waals surface area contributed by atoms with E-state index in [0.29, 0.717) is 29.1 Å². The summed E-state index contributed by atoms with van der Waals surface area (Å²) in [5.41, 5.74) is 1.46. The molecule has 7 nitrogen and oxygen atoms in total. The van der Waals surface area contributed by atoms with Crippen LogP contribution in [0.4, 0.5) is 0 Å². The van der Waals surface area contributed by atoms with E-state index >= 15 is 0 Å². The van der Waals surface area contributed by atoms with Crippen LogP contribution in [0.25, 0.3) is 0 Å². The molecule has 0 atom stereocenters. The zero-order valence-electron chi connectivity index (χ0n) is 20.1. The van der Waals surface area contributed by atoms with Gasteiger partial charge in [0.05, 0.1) is 25.2 Å². The molecule has 0 spiro atoms. The van der Waals surface area contributed by atoms with Crippen molar-refractivity contribution in [3.8, 4) is 0 Å². The van der Waals surface area contributed by atoms with Crippen molar-refractivity contribution in [2.24, 2.45) is 7.05 Å². The number of rotatable bonds is 9. The number of benzene rings is 1. The van der Waals surface area contributed by atoms with Crippen LogP contribution in [0.5, 0.6) is 0 Å². The van der Waals surface area contributed by atoms with Crippen LogP contribution >= 0.6 is 11.6 Å². The first-order chi connectivity index (χ1) is 15.5. The molecule has 0 aliphatic carbocycles. The van der Waals surface area contributed by atoms with Crippen molar-refractivity contribution < 1.29 is 28.6 Å². The van der Waals surface area contributed by atoms with Gasteiger partial charge in [0.15, 0.2) is 0 Å². The van der Waals surface area contributed by atoms with Crippen molar-refractivity contribution in [3.63, 3.8) is 0 Å².